The van der Waals surface area contributed by atoms with Crippen molar-refractivity contribution in [3.05, 3.63) is 29.3 Å². The molecule has 1 aromatic rings. The number of ether oxygens (including phenoxy) is 1. The van der Waals surface area contributed by atoms with Crippen molar-refractivity contribution in [2.45, 2.75) is 75.7 Å². The third kappa shape index (κ3) is 4.98. The standard InChI is InChI=1S/C19H29NO2S/c1-7-20-15-10-13-8-9-16(12-14(13)11-15)23-19(5,6)17(21)22-18(2,3)4/h8-9,12,15,20H,7,10-11H2,1-6H3/t15-/m0/s1. The van der Waals surface area contributed by atoms with E-state index in [-0.39, 0.29) is 5.97 Å². The van der Waals surface area contributed by atoms with Crippen molar-refractivity contribution in [3.63, 3.8) is 0 Å². The first-order chi connectivity index (χ1) is 10.6. The fourth-order valence-corrected chi connectivity index (χ4v) is 3.88. The van der Waals surface area contributed by atoms with E-state index in [2.05, 4.69) is 30.4 Å². The van der Waals surface area contributed by atoms with Crippen LogP contribution in [0.1, 0.15) is 52.7 Å². The first-order valence-electron chi connectivity index (χ1n) is 8.38. The normalized spacial score (nSPS) is 17.9. The van der Waals surface area contributed by atoms with Crippen LogP contribution >= 0.6 is 11.8 Å². The molecule has 0 bridgehead atoms. The van der Waals surface area contributed by atoms with Crippen LogP contribution in [0.25, 0.3) is 0 Å². The molecular formula is C19H29NO2S. The summed E-state index contributed by atoms with van der Waals surface area (Å²) in [6, 6.07) is 7.13. The number of hydrogen-bond acceptors (Lipinski definition) is 4. The number of carbonyl (C=O) groups is 1. The van der Waals surface area contributed by atoms with E-state index in [9.17, 15) is 4.79 Å². The molecular weight excluding hydrogens is 306 g/mol. The van der Waals surface area contributed by atoms with Gasteiger partial charge in [0, 0.05) is 10.9 Å². The monoisotopic (exact) mass is 335 g/mol. The lowest BCUT2D eigenvalue weighted by atomic mass is 10.1. The molecule has 0 aromatic heterocycles. The molecule has 128 valence electrons. The molecule has 0 saturated carbocycles. The van der Waals surface area contributed by atoms with Crippen LogP contribution in [0.5, 0.6) is 0 Å². The topological polar surface area (TPSA) is 38.3 Å². The van der Waals surface area contributed by atoms with Gasteiger partial charge in [0.05, 0.1) is 0 Å². The number of rotatable bonds is 5. The smallest absolute Gasteiger partial charge is 0.322 e. The number of hydrogen-bond donors (Lipinski definition) is 1. The Labute approximate surface area is 144 Å². The zero-order valence-electron chi connectivity index (χ0n) is 15.2. The third-order valence-corrected chi connectivity index (χ3v) is 5.03. The molecule has 23 heavy (non-hydrogen) atoms. The van der Waals surface area contributed by atoms with E-state index in [0.29, 0.717) is 6.04 Å². The van der Waals surface area contributed by atoms with Gasteiger partial charge in [-0.2, -0.15) is 0 Å². The van der Waals surface area contributed by atoms with E-state index in [4.69, 9.17) is 4.74 Å². The van der Waals surface area contributed by atoms with E-state index in [1.165, 1.54) is 11.1 Å². The molecule has 0 radical (unpaired) electrons. The van der Waals surface area contributed by atoms with Crippen LogP contribution in [0.2, 0.25) is 0 Å². The summed E-state index contributed by atoms with van der Waals surface area (Å²) in [4.78, 5) is 13.5. The molecule has 2 rings (SSSR count). The predicted octanol–water partition coefficient (Wildman–Crippen LogP) is 3.98. The second-order valence-electron chi connectivity index (χ2n) is 7.71. The number of fused-ring (bicyclic) bond motifs is 1. The van der Waals surface area contributed by atoms with Crippen LogP contribution in [0, 0.1) is 0 Å². The third-order valence-electron chi connectivity index (χ3n) is 3.87. The van der Waals surface area contributed by atoms with Gasteiger partial charge < -0.3 is 10.1 Å². The molecule has 3 nitrogen and oxygen atoms in total. The van der Waals surface area contributed by atoms with Crippen LogP contribution < -0.4 is 5.32 Å². The lowest BCUT2D eigenvalue weighted by Crippen LogP contribution is -2.36. The van der Waals surface area contributed by atoms with Crippen LogP contribution in [-0.2, 0) is 22.4 Å². The van der Waals surface area contributed by atoms with Crippen molar-refractivity contribution in [2.75, 3.05) is 6.54 Å². The summed E-state index contributed by atoms with van der Waals surface area (Å²) in [6.07, 6.45) is 2.17. The van der Waals surface area contributed by atoms with E-state index < -0.39 is 10.3 Å². The molecule has 4 heteroatoms. The van der Waals surface area contributed by atoms with Crippen molar-refractivity contribution >= 4 is 17.7 Å². The molecule has 1 aliphatic carbocycles. The van der Waals surface area contributed by atoms with Gasteiger partial charge in [0.2, 0.25) is 0 Å². The second kappa shape index (κ2) is 6.86. The Balaban J connectivity index is 2.07. The SMILES string of the molecule is CCN[C@H]1Cc2ccc(SC(C)(C)C(=O)OC(C)(C)C)cc2C1. The zero-order chi connectivity index (χ0) is 17.3. The average molecular weight is 336 g/mol. The van der Waals surface area contributed by atoms with E-state index in [1.54, 1.807) is 11.8 Å². The molecule has 1 aromatic carbocycles. The summed E-state index contributed by atoms with van der Waals surface area (Å²) in [6.45, 7) is 12.7. The van der Waals surface area contributed by atoms with Crippen molar-refractivity contribution < 1.29 is 9.53 Å². The molecule has 0 unspecified atom stereocenters. The minimum Gasteiger partial charge on any atom is -0.459 e. The second-order valence-corrected chi connectivity index (χ2v) is 9.40. The van der Waals surface area contributed by atoms with Gasteiger partial charge in [0.15, 0.2) is 0 Å². The van der Waals surface area contributed by atoms with Gasteiger partial charge in [-0.05, 0) is 77.3 Å². The Morgan fingerprint density at radius 2 is 1.87 bits per heavy atom. The molecule has 1 atom stereocenters. The largest absolute Gasteiger partial charge is 0.459 e. The van der Waals surface area contributed by atoms with Gasteiger partial charge in [-0.25, -0.2) is 0 Å². The van der Waals surface area contributed by atoms with E-state index in [0.717, 1.165) is 24.3 Å². The van der Waals surface area contributed by atoms with Gasteiger partial charge in [0.1, 0.15) is 10.3 Å². The Morgan fingerprint density at radius 3 is 2.48 bits per heavy atom. The minimum atomic E-state index is -0.596. The van der Waals surface area contributed by atoms with E-state index >= 15 is 0 Å². The summed E-state index contributed by atoms with van der Waals surface area (Å²) < 4.78 is 4.95. The molecule has 0 aliphatic heterocycles. The summed E-state index contributed by atoms with van der Waals surface area (Å²) in [5, 5.41) is 3.52. The Kier molecular flexibility index (Phi) is 5.47. The van der Waals surface area contributed by atoms with Crippen molar-refractivity contribution in [3.8, 4) is 0 Å². The van der Waals surface area contributed by atoms with Gasteiger partial charge in [-0.15, -0.1) is 11.8 Å². The Bertz CT molecular complexity index is 575. The predicted molar refractivity (Wildman–Crippen MR) is 97.1 cm³/mol. The van der Waals surface area contributed by atoms with Crippen LogP contribution in [0.4, 0.5) is 0 Å². The summed E-state index contributed by atoms with van der Waals surface area (Å²) in [5.74, 6) is -0.166. The number of likely N-dealkylation sites (N-methyl/N-ethyl adjacent to an activating group) is 1. The molecule has 0 saturated heterocycles. The number of benzene rings is 1. The fourth-order valence-electron chi connectivity index (χ4n) is 2.83. The maximum Gasteiger partial charge on any atom is 0.322 e. The summed E-state index contributed by atoms with van der Waals surface area (Å²) >= 11 is 1.58. The van der Waals surface area contributed by atoms with Gasteiger partial charge in [-0.1, -0.05) is 13.0 Å². The van der Waals surface area contributed by atoms with Crippen molar-refractivity contribution in [1.82, 2.24) is 5.32 Å². The molecule has 0 amide bonds. The molecule has 0 fully saturated rings. The molecule has 0 spiro atoms. The van der Waals surface area contributed by atoms with Crippen molar-refractivity contribution in [2.24, 2.45) is 0 Å². The number of thioether (sulfide) groups is 1. The Hall–Kier alpha value is -1.00. The molecule has 1 N–H and O–H groups in total. The first kappa shape index (κ1) is 18.3. The lowest BCUT2D eigenvalue weighted by Gasteiger charge is -2.28. The highest BCUT2D eigenvalue weighted by Crippen LogP contribution is 2.36. The quantitative estimate of drug-likeness (QED) is 0.652. The highest BCUT2D eigenvalue weighted by molar-refractivity contribution is 8.01. The van der Waals surface area contributed by atoms with Gasteiger partial charge >= 0.3 is 5.97 Å². The zero-order valence-corrected chi connectivity index (χ0v) is 16.0. The Morgan fingerprint density at radius 1 is 1.22 bits per heavy atom. The van der Waals surface area contributed by atoms with Gasteiger partial charge in [-0.3, -0.25) is 4.79 Å². The number of nitrogens with one attached hydrogen (secondary N) is 1. The van der Waals surface area contributed by atoms with Crippen molar-refractivity contribution in [1.29, 1.82) is 0 Å². The van der Waals surface area contributed by atoms with Gasteiger partial charge in [0.25, 0.3) is 0 Å². The highest BCUT2D eigenvalue weighted by atomic mass is 32.2. The van der Waals surface area contributed by atoms with Crippen LogP contribution in [0.15, 0.2) is 23.1 Å². The average Bonchev–Trinajstić information content (AvgIpc) is 2.78. The van der Waals surface area contributed by atoms with E-state index in [1.807, 2.05) is 34.6 Å². The highest BCUT2D eigenvalue weighted by Gasteiger charge is 2.34. The summed E-state index contributed by atoms with van der Waals surface area (Å²) in [7, 11) is 0. The fraction of sp³-hybridized carbons (Fsp3) is 0.632. The maximum absolute atomic E-state index is 12.4. The summed E-state index contributed by atoms with van der Waals surface area (Å²) in [5.41, 5.74) is 2.38. The minimum absolute atomic E-state index is 0.166. The first-order valence-corrected chi connectivity index (χ1v) is 9.20. The van der Waals surface area contributed by atoms with Crippen LogP contribution in [0.3, 0.4) is 0 Å². The number of esters is 1. The molecule has 0 heterocycles. The number of carbonyl (C=O) groups excluding carboxylic acids is 1. The molecule has 1 aliphatic rings. The lowest BCUT2D eigenvalue weighted by molar-refractivity contribution is -0.156. The van der Waals surface area contributed by atoms with Crippen LogP contribution in [-0.4, -0.2) is 28.9 Å². The maximum atomic E-state index is 12.4.